The Kier molecular flexibility index (Phi) is 7.07. The van der Waals surface area contributed by atoms with E-state index in [-0.39, 0.29) is 17.4 Å². The molecule has 2 aromatic carbocycles. The number of carbonyl (C=O) groups excluding carboxylic acids is 1. The molecule has 0 bridgehead atoms. The van der Waals surface area contributed by atoms with Crippen molar-refractivity contribution in [1.29, 1.82) is 0 Å². The lowest BCUT2D eigenvalue weighted by Crippen LogP contribution is -2.27. The van der Waals surface area contributed by atoms with Crippen LogP contribution in [0, 0.1) is 5.82 Å². The number of carbonyl (C=O) groups is 1. The lowest BCUT2D eigenvalue weighted by Gasteiger charge is -2.07. The largest absolute Gasteiger partial charge is 0.369 e. The number of hydrogen-bond donors (Lipinski definition) is 2. The molecule has 0 fully saturated rings. The van der Waals surface area contributed by atoms with E-state index in [2.05, 4.69) is 32.7 Å². The molecule has 0 aliphatic carbocycles. The van der Waals surface area contributed by atoms with Crippen molar-refractivity contribution in [3.63, 3.8) is 0 Å². The fraction of sp³-hybridized carbons (Fsp3) is 0.227. The van der Waals surface area contributed by atoms with Gasteiger partial charge >= 0.3 is 0 Å². The van der Waals surface area contributed by atoms with E-state index in [9.17, 15) is 9.18 Å². The summed E-state index contributed by atoms with van der Waals surface area (Å²) in [7, 11) is 0. The molecule has 1 aromatic heterocycles. The zero-order chi connectivity index (χ0) is 19.6. The Labute approximate surface area is 164 Å². The van der Waals surface area contributed by atoms with Gasteiger partial charge in [0.1, 0.15) is 17.3 Å². The minimum atomic E-state index is -0.320. The molecule has 0 saturated carbocycles. The molecule has 0 saturated heterocycles. The van der Waals surface area contributed by atoms with Crippen LogP contribution in [-0.2, 0) is 12.8 Å². The molecule has 28 heavy (non-hydrogen) atoms. The zero-order valence-corrected chi connectivity index (χ0v) is 15.6. The van der Waals surface area contributed by atoms with Crippen LogP contribution in [0.5, 0.6) is 0 Å². The van der Waals surface area contributed by atoms with E-state index in [1.165, 1.54) is 17.8 Å². The number of nitrogens with one attached hydrogen (secondary N) is 2. The molecule has 5 nitrogen and oxygen atoms in total. The van der Waals surface area contributed by atoms with Crippen molar-refractivity contribution in [2.24, 2.45) is 0 Å². The first-order valence-corrected chi connectivity index (χ1v) is 9.34. The van der Waals surface area contributed by atoms with Crippen LogP contribution in [0.15, 0.2) is 67.0 Å². The second-order valence-electron chi connectivity index (χ2n) is 6.40. The molecule has 2 N–H and O–H groups in total. The number of hydrogen-bond acceptors (Lipinski definition) is 4. The van der Waals surface area contributed by atoms with E-state index >= 15 is 0 Å². The number of nitrogens with zero attached hydrogens (tertiary/aromatic N) is 2. The summed E-state index contributed by atoms with van der Waals surface area (Å²) < 4.78 is 13.6. The molecule has 0 unspecified atom stereocenters. The highest BCUT2D eigenvalue weighted by Crippen LogP contribution is 2.07. The molecule has 1 heterocycles. The van der Waals surface area contributed by atoms with Gasteiger partial charge in [0, 0.05) is 13.1 Å². The second-order valence-corrected chi connectivity index (χ2v) is 6.40. The van der Waals surface area contributed by atoms with Gasteiger partial charge in [-0.25, -0.2) is 14.4 Å². The van der Waals surface area contributed by atoms with E-state index in [0.29, 0.717) is 24.3 Å². The maximum absolute atomic E-state index is 13.6. The smallest absolute Gasteiger partial charge is 0.271 e. The summed E-state index contributed by atoms with van der Waals surface area (Å²) in [6, 6.07) is 16.8. The van der Waals surface area contributed by atoms with Gasteiger partial charge in [0.25, 0.3) is 5.91 Å². The quantitative estimate of drug-likeness (QED) is 0.558. The predicted molar refractivity (Wildman–Crippen MR) is 108 cm³/mol. The number of benzene rings is 2. The van der Waals surface area contributed by atoms with Crippen molar-refractivity contribution in [1.82, 2.24) is 15.3 Å². The standard InChI is InChI=1S/C22H23FN4O/c23-19-11-5-4-10-18(19)12-14-25-22(28)20-15-27-21(16-26-20)24-13-6-9-17-7-2-1-3-8-17/h1-5,7-8,10-11,15-16H,6,9,12-14H2,(H,24,27)(H,25,28). The molecule has 3 aromatic rings. The molecule has 0 atom stereocenters. The number of anilines is 1. The van der Waals surface area contributed by atoms with Crippen LogP contribution in [0.3, 0.4) is 0 Å². The second kappa shape index (κ2) is 10.2. The highest BCUT2D eigenvalue weighted by molar-refractivity contribution is 5.91. The summed E-state index contributed by atoms with van der Waals surface area (Å²) in [5.74, 6) is 0.0506. The topological polar surface area (TPSA) is 66.9 Å². The van der Waals surface area contributed by atoms with Gasteiger partial charge in [-0.2, -0.15) is 0 Å². The van der Waals surface area contributed by atoms with Crippen molar-refractivity contribution in [3.05, 3.63) is 89.6 Å². The van der Waals surface area contributed by atoms with E-state index in [1.54, 1.807) is 24.4 Å². The van der Waals surface area contributed by atoms with Crippen LogP contribution in [0.2, 0.25) is 0 Å². The normalized spacial score (nSPS) is 10.5. The highest BCUT2D eigenvalue weighted by atomic mass is 19.1. The molecule has 0 spiro atoms. The van der Waals surface area contributed by atoms with Crippen LogP contribution in [0.1, 0.15) is 28.0 Å². The Balaban J connectivity index is 1.39. The molecule has 144 valence electrons. The third-order valence-electron chi connectivity index (χ3n) is 4.31. The summed E-state index contributed by atoms with van der Waals surface area (Å²) >= 11 is 0. The van der Waals surface area contributed by atoms with Gasteiger partial charge in [-0.3, -0.25) is 4.79 Å². The average Bonchev–Trinajstić information content (AvgIpc) is 2.74. The molecule has 0 aliphatic heterocycles. The van der Waals surface area contributed by atoms with E-state index in [4.69, 9.17) is 0 Å². The summed E-state index contributed by atoms with van der Waals surface area (Å²) in [5.41, 5.74) is 2.12. The van der Waals surface area contributed by atoms with Crippen molar-refractivity contribution in [2.45, 2.75) is 19.3 Å². The summed E-state index contributed by atoms with van der Waals surface area (Å²) in [5, 5.41) is 5.94. The molecule has 1 amide bonds. The molecular formula is C22H23FN4O. The fourth-order valence-electron chi connectivity index (χ4n) is 2.79. The van der Waals surface area contributed by atoms with Gasteiger partial charge in [0.05, 0.1) is 12.4 Å². The van der Waals surface area contributed by atoms with E-state index in [0.717, 1.165) is 19.4 Å². The molecular weight excluding hydrogens is 355 g/mol. The average molecular weight is 378 g/mol. The van der Waals surface area contributed by atoms with E-state index in [1.807, 2.05) is 18.2 Å². The number of rotatable bonds is 9. The number of aromatic nitrogens is 2. The molecule has 0 radical (unpaired) electrons. The fourth-order valence-corrected chi connectivity index (χ4v) is 2.79. The Bertz CT molecular complexity index is 885. The highest BCUT2D eigenvalue weighted by Gasteiger charge is 2.08. The molecule has 0 aliphatic rings. The Hall–Kier alpha value is -3.28. The first kappa shape index (κ1) is 19.5. The molecule has 6 heteroatoms. The van der Waals surface area contributed by atoms with Gasteiger partial charge in [0.15, 0.2) is 0 Å². The number of halogens is 1. The lowest BCUT2D eigenvalue weighted by atomic mass is 10.1. The van der Waals surface area contributed by atoms with Crippen LogP contribution in [0.4, 0.5) is 10.2 Å². The van der Waals surface area contributed by atoms with Crippen molar-refractivity contribution < 1.29 is 9.18 Å². The maximum Gasteiger partial charge on any atom is 0.271 e. The third-order valence-corrected chi connectivity index (χ3v) is 4.31. The van der Waals surface area contributed by atoms with Crippen LogP contribution in [0.25, 0.3) is 0 Å². The van der Waals surface area contributed by atoms with Crippen molar-refractivity contribution in [2.75, 3.05) is 18.4 Å². The minimum absolute atomic E-state index is 0.239. The SMILES string of the molecule is O=C(NCCc1ccccc1F)c1cnc(NCCCc2ccccc2)cn1. The summed E-state index contributed by atoms with van der Waals surface area (Å²) in [6.07, 6.45) is 5.38. The number of aryl methyl sites for hydroxylation is 1. The molecule has 3 rings (SSSR count). The first-order valence-electron chi connectivity index (χ1n) is 9.34. The summed E-state index contributed by atoms with van der Waals surface area (Å²) in [4.78, 5) is 20.5. The first-order chi connectivity index (χ1) is 13.7. The summed E-state index contributed by atoms with van der Waals surface area (Å²) in [6.45, 7) is 1.11. The van der Waals surface area contributed by atoms with Gasteiger partial charge in [-0.1, -0.05) is 48.5 Å². The maximum atomic E-state index is 13.6. The Morgan fingerprint density at radius 3 is 2.43 bits per heavy atom. The van der Waals surface area contributed by atoms with Crippen molar-refractivity contribution in [3.8, 4) is 0 Å². The van der Waals surface area contributed by atoms with Crippen molar-refractivity contribution >= 4 is 11.7 Å². The zero-order valence-electron chi connectivity index (χ0n) is 15.6. The van der Waals surface area contributed by atoms with Crippen LogP contribution >= 0.6 is 0 Å². The van der Waals surface area contributed by atoms with E-state index < -0.39 is 0 Å². The van der Waals surface area contributed by atoms with Gasteiger partial charge in [-0.15, -0.1) is 0 Å². The Morgan fingerprint density at radius 1 is 0.893 bits per heavy atom. The van der Waals surface area contributed by atoms with Crippen LogP contribution in [-0.4, -0.2) is 29.0 Å². The minimum Gasteiger partial charge on any atom is -0.369 e. The van der Waals surface area contributed by atoms with Crippen LogP contribution < -0.4 is 10.6 Å². The van der Waals surface area contributed by atoms with Gasteiger partial charge in [-0.05, 0) is 36.5 Å². The Morgan fingerprint density at radius 2 is 1.68 bits per heavy atom. The van der Waals surface area contributed by atoms with Gasteiger partial charge < -0.3 is 10.6 Å². The lowest BCUT2D eigenvalue weighted by molar-refractivity contribution is 0.0948. The predicted octanol–water partition coefficient (Wildman–Crippen LogP) is 3.63. The van der Waals surface area contributed by atoms with Gasteiger partial charge in [0.2, 0.25) is 0 Å². The monoisotopic (exact) mass is 378 g/mol. The number of amides is 1. The third kappa shape index (κ3) is 5.87.